The summed E-state index contributed by atoms with van der Waals surface area (Å²) < 4.78 is 0. The van der Waals surface area contributed by atoms with Crippen molar-refractivity contribution in [1.82, 2.24) is 35.6 Å². The summed E-state index contributed by atoms with van der Waals surface area (Å²) in [6.45, 7) is 2.87. The van der Waals surface area contributed by atoms with Gasteiger partial charge < -0.3 is 10.2 Å². The van der Waals surface area contributed by atoms with Crippen LogP contribution in [0.2, 0.25) is 0 Å². The van der Waals surface area contributed by atoms with Crippen molar-refractivity contribution in [2.75, 3.05) is 24.6 Å². The van der Waals surface area contributed by atoms with E-state index in [1.54, 1.807) is 22.7 Å². The Labute approximate surface area is 170 Å². The maximum Gasteiger partial charge on any atom is 0.342 e. The smallest absolute Gasteiger partial charge is 0.342 e. The highest BCUT2D eigenvalue weighted by Gasteiger charge is 2.30. The van der Waals surface area contributed by atoms with Crippen LogP contribution >= 0.6 is 11.8 Å². The number of rotatable bonds is 7. The average Bonchev–Trinajstić information content (AvgIpc) is 3.17. The molecule has 3 heterocycles. The highest BCUT2D eigenvalue weighted by atomic mass is 32.2. The third-order valence-corrected chi connectivity index (χ3v) is 5.64. The molecular formula is C17H23N7O4S. The Hall–Kier alpha value is -2.89. The fraction of sp³-hybridized carbons (Fsp3) is 0.529. The minimum atomic E-state index is -0.814. The number of hydrogen-bond donors (Lipinski definition) is 4. The molecule has 0 bridgehead atoms. The van der Waals surface area contributed by atoms with Gasteiger partial charge in [-0.25, -0.2) is 9.89 Å². The number of aromatic nitrogens is 5. The normalized spacial score (nSPS) is 16.6. The molecule has 0 aliphatic carbocycles. The van der Waals surface area contributed by atoms with Crippen molar-refractivity contribution in [3.63, 3.8) is 0 Å². The van der Waals surface area contributed by atoms with Crippen LogP contribution in [-0.4, -0.2) is 72.7 Å². The summed E-state index contributed by atoms with van der Waals surface area (Å²) in [4.78, 5) is 51.6. The number of carbonyl (C=O) groups is 2. The van der Waals surface area contributed by atoms with Gasteiger partial charge in [-0.1, -0.05) is 13.3 Å². The Morgan fingerprint density at radius 2 is 2.14 bits per heavy atom. The van der Waals surface area contributed by atoms with Crippen LogP contribution in [0.4, 0.5) is 0 Å². The number of aromatic amines is 3. The van der Waals surface area contributed by atoms with E-state index < -0.39 is 17.2 Å². The van der Waals surface area contributed by atoms with E-state index in [1.807, 2.05) is 11.9 Å². The first-order valence-corrected chi connectivity index (χ1v) is 10.5. The molecule has 2 amide bonds. The molecule has 1 fully saturated rings. The van der Waals surface area contributed by atoms with E-state index >= 15 is 0 Å². The summed E-state index contributed by atoms with van der Waals surface area (Å²) in [6, 6.07) is 1.57. The van der Waals surface area contributed by atoms with Crippen molar-refractivity contribution in [2.24, 2.45) is 0 Å². The quantitative estimate of drug-likeness (QED) is 0.470. The topological polar surface area (TPSA) is 157 Å². The second-order valence-corrected chi connectivity index (χ2v) is 7.81. The molecule has 1 unspecified atom stereocenters. The summed E-state index contributed by atoms with van der Waals surface area (Å²) in [5.74, 6) is 0.620. The van der Waals surface area contributed by atoms with Crippen molar-refractivity contribution >= 4 is 23.6 Å². The van der Waals surface area contributed by atoms with Gasteiger partial charge in [-0.05, 0) is 18.9 Å². The molecule has 0 spiro atoms. The fourth-order valence-electron chi connectivity index (χ4n) is 3.11. The van der Waals surface area contributed by atoms with Crippen molar-refractivity contribution in [3.8, 4) is 0 Å². The van der Waals surface area contributed by atoms with Crippen molar-refractivity contribution < 1.29 is 9.59 Å². The number of amides is 2. The molecule has 2 aromatic heterocycles. The molecule has 0 saturated carbocycles. The first-order chi connectivity index (χ1) is 14.0. The maximum atomic E-state index is 12.7. The van der Waals surface area contributed by atoms with E-state index in [0.717, 1.165) is 24.3 Å². The third kappa shape index (κ3) is 5.13. The molecule has 3 rings (SSSR count). The second-order valence-electron chi connectivity index (χ2n) is 6.66. The van der Waals surface area contributed by atoms with Gasteiger partial charge in [0, 0.05) is 36.3 Å². The van der Waals surface area contributed by atoms with Gasteiger partial charge in [-0.3, -0.25) is 24.5 Å². The van der Waals surface area contributed by atoms with E-state index in [9.17, 15) is 19.2 Å². The van der Waals surface area contributed by atoms with Crippen LogP contribution < -0.4 is 16.6 Å². The van der Waals surface area contributed by atoms with Gasteiger partial charge in [0.2, 0.25) is 5.69 Å². The fourth-order valence-corrected chi connectivity index (χ4v) is 4.22. The first kappa shape index (κ1) is 20.8. The summed E-state index contributed by atoms with van der Waals surface area (Å²) >= 11 is 1.70. The van der Waals surface area contributed by atoms with Crippen LogP contribution in [0.5, 0.6) is 0 Å². The first-order valence-electron chi connectivity index (χ1n) is 9.39. The van der Waals surface area contributed by atoms with Crippen LogP contribution in [0.25, 0.3) is 0 Å². The molecule has 0 radical (unpaired) electrons. The van der Waals surface area contributed by atoms with Crippen LogP contribution in [-0.2, 0) is 6.42 Å². The third-order valence-electron chi connectivity index (χ3n) is 4.55. The van der Waals surface area contributed by atoms with E-state index in [4.69, 9.17) is 0 Å². The zero-order valence-electron chi connectivity index (χ0n) is 16.0. The van der Waals surface area contributed by atoms with Crippen LogP contribution in [0.3, 0.4) is 0 Å². The molecule has 1 aliphatic heterocycles. The van der Waals surface area contributed by atoms with Gasteiger partial charge in [-0.2, -0.15) is 22.0 Å². The van der Waals surface area contributed by atoms with E-state index in [1.165, 1.54) is 0 Å². The zero-order valence-corrected chi connectivity index (χ0v) is 16.8. The number of thioether (sulfide) groups is 1. The Kier molecular flexibility index (Phi) is 6.86. The molecule has 156 valence electrons. The van der Waals surface area contributed by atoms with Gasteiger partial charge in [0.05, 0.1) is 0 Å². The number of carbonyl (C=O) groups excluding carboxylic acids is 2. The molecule has 12 heteroatoms. The molecule has 29 heavy (non-hydrogen) atoms. The molecule has 1 saturated heterocycles. The van der Waals surface area contributed by atoms with Gasteiger partial charge in [0.25, 0.3) is 17.4 Å². The Morgan fingerprint density at radius 3 is 2.90 bits per heavy atom. The SMILES string of the molecule is CCCc1cc(C(=O)NCCC2CSCCN2C(=O)c2n[nH]c(=O)[nH]c2=O)n[nH]1. The molecular weight excluding hydrogens is 398 g/mol. The lowest BCUT2D eigenvalue weighted by Gasteiger charge is -2.35. The maximum absolute atomic E-state index is 12.7. The Balaban J connectivity index is 1.59. The van der Waals surface area contributed by atoms with Gasteiger partial charge >= 0.3 is 5.69 Å². The zero-order chi connectivity index (χ0) is 20.8. The van der Waals surface area contributed by atoms with Crippen molar-refractivity contribution in [1.29, 1.82) is 0 Å². The van der Waals surface area contributed by atoms with Gasteiger partial charge in [0.1, 0.15) is 5.69 Å². The van der Waals surface area contributed by atoms with Gasteiger partial charge in [0.15, 0.2) is 0 Å². The van der Waals surface area contributed by atoms with E-state index in [-0.39, 0.29) is 17.6 Å². The average molecular weight is 421 g/mol. The predicted octanol–water partition coefficient (Wildman–Crippen LogP) is -0.488. The lowest BCUT2D eigenvalue weighted by Crippen LogP contribution is -2.49. The van der Waals surface area contributed by atoms with Crippen LogP contribution in [0.15, 0.2) is 15.7 Å². The van der Waals surface area contributed by atoms with Crippen LogP contribution in [0, 0.1) is 0 Å². The second kappa shape index (κ2) is 9.54. The van der Waals surface area contributed by atoms with Gasteiger partial charge in [-0.15, -0.1) is 0 Å². The van der Waals surface area contributed by atoms with Crippen molar-refractivity contribution in [2.45, 2.75) is 32.2 Å². The highest BCUT2D eigenvalue weighted by Crippen LogP contribution is 2.20. The summed E-state index contributed by atoms with van der Waals surface area (Å²) in [6.07, 6.45) is 2.31. The van der Waals surface area contributed by atoms with Crippen molar-refractivity contribution in [3.05, 3.63) is 44.0 Å². The lowest BCUT2D eigenvalue weighted by molar-refractivity contribution is 0.0685. The number of nitrogens with one attached hydrogen (secondary N) is 4. The number of nitrogens with zero attached hydrogens (tertiary/aromatic N) is 3. The summed E-state index contributed by atoms with van der Waals surface area (Å²) in [5.41, 5.74) is -0.670. The minimum Gasteiger partial charge on any atom is -0.351 e. The molecule has 1 aliphatic rings. The Bertz CT molecular complexity index is 982. The lowest BCUT2D eigenvalue weighted by atomic mass is 10.1. The number of hydrogen-bond acceptors (Lipinski definition) is 7. The van der Waals surface area contributed by atoms with Crippen LogP contribution in [0.1, 0.15) is 46.4 Å². The standard InChI is InChI=1S/C17H23N7O4S/c1-2-3-10-8-12(21-20-10)14(25)18-5-4-11-9-29-7-6-24(11)16(27)13-15(26)19-17(28)23-22-13/h8,11H,2-7,9H2,1H3,(H,18,25)(H,20,21)(H2,19,23,26,28). The highest BCUT2D eigenvalue weighted by molar-refractivity contribution is 7.99. The Morgan fingerprint density at radius 1 is 1.31 bits per heavy atom. The molecule has 1 atom stereocenters. The molecule has 4 N–H and O–H groups in total. The molecule has 2 aromatic rings. The largest absolute Gasteiger partial charge is 0.351 e. The number of aryl methyl sites for hydroxylation is 1. The summed E-state index contributed by atoms with van der Waals surface area (Å²) in [7, 11) is 0. The monoisotopic (exact) mass is 421 g/mol. The summed E-state index contributed by atoms with van der Waals surface area (Å²) in [5, 5.41) is 15.4. The predicted molar refractivity (Wildman–Crippen MR) is 107 cm³/mol. The minimum absolute atomic E-state index is 0.162. The molecule has 11 nitrogen and oxygen atoms in total. The van der Waals surface area contributed by atoms with E-state index in [0.29, 0.717) is 31.0 Å². The molecule has 0 aromatic carbocycles. The number of H-pyrrole nitrogens is 3. The van der Waals surface area contributed by atoms with E-state index in [2.05, 4.69) is 25.7 Å².